The van der Waals surface area contributed by atoms with Crippen LogP contribution < -0.4 is 14.8 Å². The number of hydrogen-bond donors (Lipinski definition) is 2. The van der Waals surface area contributed by atoms with Crippen molar-refractivity contribution in [3.05, 3.63) is 54.6 Å². The maximum atomic E-state index is 12.8. The number of aromatic amines is 1. The van der Waals surface area contributed by atoms with Crippen molar-refractivity contribution in [3.63, 3.8) is 0 Å². The number of hydrogen-bond acceptors (Lipinski definition) is 6. The number of carbonyl (C=O) groups is 1. The third kappa shape index (κ3) is 6.73. The average Bonchev–Trinajstić information content (AvgIpc) is 3.41. The summed E-state index contributed by atoms with van der Waals surface area (Å²) in [7, 11) is 0.628. The Morgan fingerprint density at radius 1 is 1.15 bits per heavy atom. The van der Waals surface area contributed by atoms with Gasteiger partial charge in [0, 0.05) is 18.0 Å². The first kappa shape index (κ1) is 26.5. The monoisotopic (exact) mass is 741 g/mol. The fourth-order valence-electron chi connectivity index (χ4n) is 2.84. The molecule has 3 aromatic heterocycles. The number of aromatic nitrogens is 5. The number of nitrogens with zero attached hydrogens (tertiary/aromatic N) is 4. The molecule has 0 aliphatic carbocycles. The van der Waals surface area contributed by atoms with E-state index in [0.29, 0.717) is 15.1 Å². The molecule has 0 bridgehead atoms. The Labute approximate surface area is 217 Å². The number of benzene rings is 1. The molecule has 0 unspecified atom stereocenters. The number of ether oxygens (including phenoxy) is 2. The zero-order valence-electron chi connectivity index (χ0n) is 16.5. The van der Waals surface area contributed by atoms with Gasteiger partial charge in [-0.3, -0.25) is 9.89 Å². The number of carbonyl (C=O) groups excluding carboxylic acids is 1. The Morgan fingerprint density at radius 2 is 1.88 bits per heavy atom. The Hall–Kier alpha value is -2.12. The van der Waals surface area contributed by atoms with Gasteiger partial charge in [-0.25, -0.2) is 9.50 Å². The van der Waals surface area contributed by atoms with Crippen LogP contribution in [0, 0.1) is 0 Å². The first-order valence-corrected chi connectivity index (χ1v) is 17.9. The standard InChI is InChI=1S/C18H12F4N6O3.2HI.V/c19-17(20)30-9-2-3-13(31-18(21)22)10(6-9)14-12(8-24-27-14)26-16(29)11-7-25-28-5-1-4-23-15(11)28;;;/h1-8,17-18H,(H,24,27)(H,26,29);2*1H;/q;;;+2/p-2. The summed E-state index contributed by atoms with van der Waals surface area (Å²) in [5.74, 6) is -1.24. The molecule has 9 nitrogen and oxygen atoms in total. The predicted octanol–water partition coefficient (Wildman–Crippen LogP) is 5.34. The van der Waals surface area contributed by atoms with Crippen molar-refractivity contribution < 1.29 is 41.3 Å². The van der Waals surface area contributed by atoms with E-state index >= 15 is 0 Å². The van der Waals surface area contributed by atoms with Crippen molar-refractivity contribution in [2.24, 2.45) is 0 Å². The number of alkyl halides is 4. The molecule has 3 heterocycles. The zero-order valence-corrected chi connectivity index (χ0v) is 22.2. The predicted molar refractivity (Wildman–Crippen MR) is 126 cm³/mol. The molecule has 179 valence electrons. The molecule has 4 aromatic rings. The van der Waals surface area contributed by atoms with E-state index in [1.165, 1.54) is 23.1 Å². The minimum atomic E-state index is -3.17. The quantitative estimate of drug-likeness (QED) is 0.196. The van der Waals surface area contributed by atoms with Gasteiger partial charge in [0.2, 0.25) is 0 Å². The van der Waals surface area contributed by atoms with Crippen LogP contribution >= 0.6 is 40.0 Å². The van der Waals surface area contributed by atoms with Crippen LogP contribution in [0.15, 0.2) is 49.1 Å². The second kappa shape index (κ2) is 12.5. The summed E-state index contributed by atoms with van der Waals surface area (Å²) in [6, 6.07) is 4.78. The van der Waals surface area contributed by atoms with E-state index in [0.717, 1.165) is 18.2 Å². The molecule has 0 fully saturated rings. The summed E-state index contributed by atoms with van der Waals surface area (Å²) in [5, 5.41) is 12.9. The van der Waals surface area contributed by atoms with Crippen molar-refractivity contribution in [2.75, 3.05) is 5.32 Å². The zero-order chi connectivity index (χ0) is 24.7. The van der Waals surface area contributed by atoms with Gasteiger partial charge < -0.3 is 14.8 Å². The first-order chi connectivity index (χ1) is 16.3. The van der Waals surface area contributed by atoms with Crippen LogP contribution in [0.4, 0.5) is 23.2 Å². The number of rotatable bonds is 7. The second-order valence-electron chi connectivity index (χ2n) is 6.04. The average molecular weight is 741 g/mol. The fourth-order valence-corrected chi connectivity index (χ4v) is 2.84. The molecule has 0 saturated heterocycles. The molecular formula is C18H12F4I2N6O3V. The normalized spacial score (nSPS) is 10.7. The summed E-state index contributed by atoms with van der Waals surface area (Å²) in [5.41, 5.74) is 0.469. The van der Waals surface area contributed by atoms with Gasteiger partial charge in [-0.2, -0.15) is 27.8 Å². The van der Waals surface area contributed by atoms with Crippen molar-refractivity contribution in [1.82, 2.24) is 24.8 Å². The molecule has 0 aliphatic rings. The van der Waals surface area contributed by atoms with Gasteiger partial charge in [-0.1, -0.05) is 0 Å². The molecule has 0 radical (unpaired) electrons. The van der Waals surface area contributed by atoms with Crippen LogP contribution in [0.5, 0.6) is 11.5 Å². The molecule has 0 aliphatic heterocycles. The van der Waals surface area contributed by atoms with Gasteiger partial charge in [0.15, 0.2) is 5.65 Å². The molecule has 1 amide bonds. The number of H-pyrrole nitrogens is 1. The molecule has 0 atom stereocenters. The van der Waals surface area contributed by atoms with E-state index in [9.17, 15) is 22.4 Å². The van der Waals surface area contributed by atoms with Gasteiger partial charge in [-0.05, 0) is 24.3 Å². The fraction of sp³-hybridized carbons (Fsp3) is 0.111. The number of anilines is 1. The SMILES string of the molecule is O=C(Nc1cn[nH]c1-c1cc(OC(F)F)ccc1OC(F)F)c1cnn2cccnc12.[I][V][I]. The molecule has 0 spiro atoms. The molecule has 0 saturated carbocycles. The van der Waals surface area contributed by atoms with Gasteiger partial charge in [0.25, 0.3) is 5.91 Å². The minimum absolute atomic E-state index is 0.0353. The van der Waals surface area contributed by atoms with Crippen molar-refractivity contribution in [3.8, 4) is 22.8 Å². The van der Waals surface area contributed by atoms with E-state index in [-0.39, 0.29) is 34.0 Å². The topological polar surface area (TPSA) is 106 Å². The van der Waals surface area contributed by atoms with Crippen LogP contribution in [-0.2, 0) is 9.47 Å². The summed E-state index contributed by atoms with van der Waals surface area (Å²) >= 11 is 4.74. The van der Waals surface area contributed by atoms with E-state index in [1.54, 1.807) is 12.3 Å². The molecule has 4 rings (SSSR count). The Kier molecular flexibility index (Phi) is 9.78. The Bertz CT molecular complexity index is 1260. The van der Waals surface area contributed by atoms with Gasteiger partial charge in [0.1, 0.15) is 17.1 Å². The Morgan fingerprint density at radius 3 is 2.59 bits per heavy atom. The number of fused-ring (bicyclic) bond motifs is 1. The summed E-state index contributed by atoms with van der Waals surface area (Å²) in [6.07, 6.45) is 5.61. The van der Waals surface area contributed by atoms with Crippen molar-refractivity contribution in [1.29, 1.82) is 0 Å². The second-order valence-corrected chi connectivity index (χ2v) is 17.8. The molecular weight excluding hydrogens is 729 g/mol. The van der Waals surface area contributed by atoms with E-state index in [2.05, 4.69) is 75.0 Å². The van der Waals surface area contributed by atoms with Crippen LogP contribution in [0.2, 0.25) is 0 Å². The molecule has 34 heavy (non-hydrogen) atoms. The maximum absolute atomic E-state index is 12.8. The van der Waals surface area contributed by atoms with Gasteiger partial charge in [0.05, 0.1) is 23.8 Å². The first-order valence-electron chi connectivity index (χ1n) is 8.93. The van der Waals surface area contributed by atoms with Gasteiger partial charge in [-0.15, -0.1) is 0 Å². The third-order valence-corrected chi connectivity index (χ3v) is 4.07. The van der Waals surface area contributed by atoms with Crippen LogP contribution in [0.1, 0.15) is 10.4 Å². The van der Waals surface area contributed by atoms with Crippen molar-refractivity contribution >= 4 is 57.2 Å². The van der Waals surface area contributed by atoms with Crippen molar-refractivity contribution in [2.45, 2.75) is 13.2 Å². The summed E-state index contributed by atoms with van der Waals surface area (Å²) < 4.78 is 61.0. The summed E-state index contributed by atoms with van der Waals surface area (Å²) in [4.78, 5) is 16.8. The molecule has 2 N–H and O–H groups in total. The number of halogens is 6. The number of amides is 1. The van der Waals surface area contributed by atoms with E-state index in [4.69, 9.17) is 0 Å². The van der Waals surface area contributed by atoms with E-state index < -0.39 is 19.1 Å². The Balaban J connectivity index is 0.00000103. The van der Waals surface area contributed by atoms with Gasteiger partial charge >= 0.3 is 62.6 Å². The van der Waals surface area contributed by atoms with Crippen LogP contribution in [0.25, 0.3) is 16.9 Å². The number of nitrogens with one attached hydrogen (secondary N) is 2. The van der Waals surface area contributed by atoms with Crippen LogP contribution in [-0.4, -0.2) is 43.9 Å². The third-order valence-electron chi connectivity index (χ3n) is 4.07. The van der Waals surface area contributed by atoms with E-state index in [1.807, 2.05) is 0 Å². The molecule has 1 aromatic carbocycles. The molecule has 16 heteroatoms. The van der Waals surface area contributed by atoms with Crippen LogP contribution in [0.3, 0.4) is 0 Å². The summed E-state index contributed by atoms with van der Waals surface area (Å²) in [6.45, 7) is -6.30.